The Morgan fingerprint density at radius 3 is 1.92 bits per heavy atom. The SMILES string of the molecule is Cc1cc(C)c(OCCOCCN2CCN(CCO)CC2)c(C)c1.Cl.Cl. The van der Waals surface area contributed by atoms with E-state index < -0.39 is 0 Å². The Bertz CT molecular complexity index is 487. The minimum absolute atomic E-state index is 0. The second kappa shape index (κ2) is 13.6. The summed E-state index contributed by atoms with van der Waals surface area (Å²) >= 11 is 0. The third-order valence-electron chi connectivity index (χ3n) is 4.51. The van der Waals surface area contributed by atoms with Crippen molar-refractivity contribution >= 4 is 24.8 Å². The number of hydrogen-bond donors (Lipinski definition) is 1. The highest BCUT2D eigenvalue weighted by Crippen LogP contribution is 2.24. The molecule has 7 heteroatoms. The van der Waals surface area contributed by atoms with E-state index in [1.807, 2.05) is 0 Å². The standard InChI is InChI=1S/C19H32N2O3.2ClH/c1-16-14-17(2)19(18(3)15-16)24-13-12-23-11-9-21-6-4-20(5-7-21)8-10-22;;/h14-15,22H,4-13H2,1-3H3;2*1H. The Labute approximate surface area is 170 Å². The van der Waals surface area contributed by atoms with Crippen LogP contribution in [0.1, 0.15) is 16.7 Å². The van der Waals surface area contributed by atoms with Crippen molar-refractivity contribution in [1.82, 2.24) is 9.80 Å². The fourth-order valence-electron chi connectivity index (χ4n) is 3.27. The molecule has 26 heavy (non-hydrogen) atoms. The van der Waals surface area contributed by atoms with Crippen LogP contribution in [0.25, 0.3) is 0 Å². The highest BCUT2D eigenvalue weighted by Gasteiger charge is 2.15. The average molecular weight is 409 g/mol. The number of hydrogen-bond acceptors (Lipinski definition) is 5. The van der Waals surface area contributed by atoms with E-state index in [4.69, 9.17) is 14.6 Å². The van der Waals surface area contributed by atoms with E-state index in [1.165, 1.54) is 16.7 Å². The van der Waals surface area contributed by atoms with Gasteiger partial charge >= 0.3 is 0 Å². The van der Waals surface area contributed by atoms with Crippen molar-refractivity contribution in [3.63, 3.8) is 0 Å². The van der Waals surface area contributed by atoms with Crippen LogP contribution in [0.15, 0.2) is 12.1 Å². The Morgan fingerprint density at radius 2 is 1.38 bits per heavy atom. The monoisotopic (exact) mass is 408 g/mol. The number of aryl methyl sites for hydroxylation is 3. The number of aliphatic hydroxyl groups excluding tert-OH is 1. The first-order chi connectivity index (χ1) is 11.6. The lowest BCUT2D eigenvalue weighted by Gasteiger charge is -2.34. The second-order valence-electron chi connectivity index (χ2n) is 6.60. The molecule has 1 aromatic rings. The van der Waals surface area contributed by atoms with Gasteiger partial charge in [-0.1, -0.05) is 17.7 Å². The number of piperazine rings is 1. The van der Waals surface area contributed by atoms with Crippen LogP contribution >= 0.6 is 24.8 Å². The van der Waals surface area contributed by atoms with Crippen molar-refractivity contribution in [3.05, 3.63) is 28.8 Å². The second-order valence-corrected chi connectivity index (χ2v) is 6.60. The Kier molecular flexibility index (Phi) is 13.3. The maximum Gasteiger partial charge on any atom is 0.125 e. The number of halogens is 2. The van der Waals surface area contributed by atoms with E-state index in [1.54, 1.807) is 0 Å². The predicted molar refractivity (Wildman–Crippen MR) is 111 cm³/mol. The molecule has 1 heterocycles. The van der Waals surface area contributed by atoms with Gasteiger partial charge in [-0.3, -0.25) is 9.80 Å². The highest BCUT2D eigenvalue weighted by atomic mass is 35.5. The first kappa shape index (κ1) is 25.4. The Balaban J connectivity index is 0.00000312. The molecule has 152 valence electrons. The molecular formula is C19H34Cl2N2O3. The molecule has 0 radical (unpaired) electrons. The lowest BCUT2D eigenvalue weighted by molar-refractivity contribution is 0.0580. The molecule has 0 aromatic heterocycles. The minimum Gasteiger partial charge on any atom is -0.491 e. The third kappa shape index (κ3) is 8.42. The van der Waals surface area contributed by atoms with Crippen LogP contribution in [0.5, 0.6) is 5.75 Å². The van der Waals surface area contributed by atoms with Gasteiger partial charge in [0.15, 0.2) is 0 Å². The van der Waals surface area contributed by atoms with E-state index in [2.05, 4.69) is 42.7 Å². The summed E-state index contributed by atoms with van der Waals surface area (Å²) in [4.78, 5) is 4.72. The minimum atomic E-state index is 0. The van der Waals surface area contributed by atoms with E-state index in [0.717, 1.165) is 51.6 Å². The summed E-state index contributed by atoms with van der Waals surface area (Å²) in [7, 11) is 0. The number of nitrogens with zero attached hydrogens (tertiary/aromatic N) is 2. The van der Waals surface area contributed by atoms with Crippen molar-refractivity contribution in [1.29, 1.82) is 0 Å². The summed E-state index contributed by atoms with van der Waals surface area (Å²) in [5.41, 5.74) is 3.65. The van der Waals surface area contributed by atoms with E-state index in [-0.39, 0.29) is 31.4 Å². The zero-order chi connectivity index (χ0) is 17.4. The summed E-state index contributed by atoms with van der Waals surface area (Å²) in [6.07, 6.45) is 0. The molecule has 2 rings (SSSR count). The van der Waals surface area contributed by atoms with Crippen LogP contribution in [0.3, 0.4) is 0 Å². The molecule has 0 amide bonds. The molecule has 1 saturated heterocycles. The molecule has 0 bridgehead atoms. The quantitative estimate of drug-likeness (QED) is 0.635. The van der Waals surface area contributed by atoms with Gasteiger partial charge in [0.05, 0.1) is 19.8 Å². The van der Waals surface area contributed by atoms with Crippen molar-refractivity contribution in [2.24, 2.45) is 0 Å². The summed E-state index contributed by atoms with van der Waals surface area (Å²) in [5, 5.41) is 8.95. The van der Waals surface area contributed by atoms with Crippen LogP contribution in [0.4, 0.5) is 0 Å². The van der Waals surface area contributed by atoms with Gasteiger partial charge in [-0.2, -0.15) is 0 Å². The lowest BCUT2D eigenvalue weighted by Crippen LogP contribution is -2.47. The summed E-state index contributed by atoms with van der Waals surface area (Å²) in [5.74, 6) is 0.990. The van der Waals surface area contributed by atoms with Crippen LogP contribution in [-0.2, 0) is 4.74 Å². The number of rotatable bonds is 9. The van der Waals surface area contributed by atoms with Gasteiger partial charge < -0.3 is 14.6 Å². The van der Waals surface area contributed by atoms with Gasteiger partial charge in [0.25, 0.3) is 0 Å². The zero-order valence-electron chi connectivity index (χ0n) is 16.2. The molecule has 0 unspecified atom stereocenters. The number of β-amino-alcohol motifs (C(OH)–C–C–N with tert-alkyl or cyclic N) is 1. The number of aliphatic hydroxyl groups is 1. The third-order valence-corrected chi connectivity index (χ3v) is 4.51. The van der Waals surface area contributed by atoms with Crippen molar-refractivity contribution in [2.75, 3.05) is 65.7 Å². The maximum absolute atomic E-state index is 8.95. The molecule has 0 spiro atoms. The molecule has 1 aliphatic rings. The first-order valence-corrected chi connectivity index (χ1v) is 8.94. The zero-order valence-corrected chi connectivity index (χ0v) is 17.8. The molecule has 0 saturated carbocycles. The first-order valence-electron chi connectivity index (χ1n) is 8.94. The number of ether oxygens (including phenoxy) is 2. The predicted octanol–water partition coefficient (Wildman–Crippen LogP) is 2.46. The molecule has 5 nitrogen and oxygen atoms in total. The summed E-state index contributed by atoms with van der Waals surface area (Å²) in [6.45, 7) is 14.4. The number of benzene rings is 1. The topological polar surface area (TPSA) is 45.2 Å². The van der Waals surface area contributed by atoms with Gasteiger partial charge in [-0.25, -0.2) is 0 Å². The summed E-state index contributed by atoms with van der Waals surface area (Å²) in [6, 6.07) is 4.30. The average Bonchev–Trinajstić information content (AvgIpc) is 2.54. The van der Waals surface area contributed by atoms with Gasteiger partial charge in [0.2, 0.25) is 0 Å². The van der Waals surface area contributed by atoms with E-state index in [9.17, 15) is 0 Å². The van der Waals surface area contributed by atoms with E-state index >= 15 is 0 Å². The molecule has 1 fully saturated rings. The maximum atomic E-state index is 8.95. The fraction of sp³-hybridized carbons (Fsp3) is 0.684. The molecule has 1 aliphatic heterocycles. The molecule has 1 N–H and O–H groups in total. The van der Waals surface area contributed by atoms with Crippen LogP contribution in [0, 0.1) is 20.8 Å². The largest absolute Gasteiger partial charge is 0.491 e. The van der Waals surface area contributed by atoms with Crippen molar-refractivity contribution in [3.8, 4) is 5.75 Å². The van der Waals surface area contributed by atoms with Crippen LogP contribution < -0.4 is 4.74 Å². The van der Waals surface area contributed by atoms with Gasteiger partial charge in [-0.15, -0.1) is 24.8 Å². The van der Waals surface area contributed by atoms with Gasteiger partial charge in [0.1, 0.15) is 12.4 Å². The molecule has 0 atom stereocenters. The van der Waals surface area contributed by atoms with Gasteiger partial charge in [0, 0.05) is 39.3 Å². The highest BCUT2D eigenvalue weighted by molar-refractivity contribution is 5.85. The van der Waals surface area contributed by atoms with Crippen molar-refractivity contribution in [2.45, 2.75) is 20.8 Å². The molecular weight excluding hydrogens is 375 g/mol. The smallest absolute Gasteiger partial charge is 0.125 e. The van der Waals surface area contributed by atoms with E-state index in [0.29, 0.717) is 13.2 Å². The van der Waals surface area contributed by atoms with Crippen LogP contribution in [-0.4, -0.2) is 80.6 Å². The van der Waals surface area contributed by atoms with Crippen molar-refractivity contribution < 1.29 is 14.6 Å². The molecule has 1 aromatic carbocycles. The normalized spacial score (nSPS) is 15.2. The fourth-order valence-corrected chi connectivity index (χ4v) is 3.27. The van der Waals surface area contributed by atoms with Gasteiger partial charge in [-0.05, 0) is 31.9 Å². The van der Waals surface area contributed by atoms with Crippen LogP contribution in [0.2, 0.25) is 0 Å². The lowest BCUT2D eigenvalue weighted by atomic mass is 10.1. The Hall–Kier alpha value is -0.560. The molecule has 0 aliphatic carbocycles. The summed E-state index contributed by atoms with van der Waals surface area (Å²) < 4.78 is 11.6. The Morgan fingerprint density at radius 1 is 0.846 bits per heavy atom.